The van der Waals surface area contributed by atoms with E-state index in [1.807, 2.05) is 13.0 Å². The number of hydrogen-bond donors (Lipinski definition) is 0. The zero-order chi connectivity index (χ0) is 11.0. The van der Waals surface area contributed by atoms with Gasteiger partial charge in [-0.1, -0.05) is 25.4 Å². The number of halogens is 1. The Morgan fingerprint density at radius 2 is 2.20 bits per heavy atom. The quantitative estimate of drug-likeness (QED) is 0.733. The zero-order valence-electron chi connectivity index (χ0n) is 9.16. The van der Waals surface area contributed by atoms with Crippen molar-refractivity contribution < 1.29 is 0 Å². The summed E-state index contributed by atoms with van der Waals surface area (Å²) in [6.07, 6.45) is 2.73. The maximum absolute atomic E-state index is 6.12. The zero-order valence-corrected chi connectivity index (χ0v) is 9.91. The minimum atomic E-state index is 0.583. The van der Waals surface area contributed by atoms with Gasteiger partial charge in [0.15, 0.2) is 5.65 Å². The minimum Gasteiger partial charge on any atom is -0.233 e. The maximum Gasteiger partial charge on any atom is 0.159 e. The summed E-state index contributed by atoms with van der Waals surface area (Å²) in [7, 11) is 0. The summed E-state index contributed by atoms with van der Waals surface area (Å²) in [6.45, 7) is 6.33. The Kier molecular flexibility index (Phi) is 2.65. The molecule has 0 aromatic carbocycles. The summed E-state index contributed by atoms with van der Waals surface area (Å²) in [4.78, 5) is 4.55. The van der Waals surface area contributed by atoms with Gasteiger partial charge in [0.1, 0.15) is 5.15 Å². The van der Waals surface area contributed by atoms with E-state index >= 15 is 0 Å². The van der Waals surface area contributed by atoms with Gasteiger partial charge in [-0.25, -0.2) is 9.50 Å². The summed E-state index contributed by atoms with van der Waals surface area (Å²) >= 11 is 6.12. The van der Waals surface area contributed by atoms with Gasteiger partial charge >= 0.3 is 0 Å². The Balaban J connectivity index is 2.55. The predicted molar refractivity (Wildman–Crippen MR) is 61.3 cm³/mol. The standard InChI is InChI=1S/C11H14ClN3/c1-7(2)4-9-5-10(12)15-11(14-9)8(3)6-13-15/h5-7H,4H2,1-3H3. The van der Waals surface area contributed by atoms with Gasteiger partial charge in [0, 0.05) is 11.3 Å². The lowest BCUT2D eigenvalue weighted by atomic mass is 10.1. The molecule has 0 bridgehead atoms. The number of hydrogen-bond acceptors (Lipinski definition) is 2. The highest BCUT2D eigenvalue weighted by Crippen LogP contribution is 2.17. The summed E-state index contributed by atoms with van der Waals surface area (Å²) in [5, 5.41) is 4.79. The van der Waals surface area contributed by atoms with Crippen LogP contribution in [0, 0.1) is 12.8 Å². The lowest BCUT2D eigenvalue weighted by Gasteiger charge is -2.06. The Bertz CT molecular complexity index is 488. The first-order chi connectivity index (χ1) is 7.08. The van der Waals surface area contributed by atoms with Crippen molar-refractivity contribution >= 4 is 17.2 Å². The molecule has 0 aliphatic rings. The molecule has 4 heteroatoms. The Hall–Kier alpha value is -1.09. The van der Waals surface area contributed by atoms with Gasteiger partial charge < -0.3 is 0 Å². The van der Waals surface area contributed by atoms with E-state index in [1.165, 1.54) is 0 Å². The van der Waals surface area contributed by atoms with Crippen molar-refractivity contribution in [1.29, 1.82) is 0 Å². The fraction of sp³-hybridized carbons (Fsp3) is 0.455. The molecule has 0 N–H and O–H groups in total. The predicted octanol–water partition coefficient (Wildman–Crippen LogP) is 2.89. The molecule has 15 heavy (non-hydrogen) atoms. The first kappa shape index (κ1) is 10.4. The smallest absolute Gasteiger partial charge is 0.159 e. The van der Waals surface area contributed by atoms with E-state index in [-0.39, 0.29) is 0 Å². The number of rotatable bonds is 2. The van der Waals surface area contributed by atoms with E-state index in [1.54, 1.807) is 10.7 Å². The normalized spacial score (nSPS) is 11.5. The first-order valence-electron chi connectivity index (χ1n) is 5.07. The van der Waals surface area contributed by atoms with Crippen LogP contribution in [0.15, 0.2) is 12.3 Å². The highest BCUT2D eigenvalue weighted by Gasteiger charge is 2.08. The largest absolute Gasteiger partial charge is 0.233 e. The van der Waals surface area contributed by atoms with E-state index in [0.717, 1.165) is 23.3 Å². The van der Waals surface area contributed by atoms with E-state index in [0.29, 0.717) is 11.1 Å². The molecule has 2 aromatic heterocycles. The molecule has 3 nitrogen and oxygen atoms in total. The molecular formula is C11H14ClN3. The van der Waals surface area contributed by atoms with Crippen LogP contribution < -0.4 is 0 Å². The van der Waals surface area contributed by atoms with Gasteiger partial charge in [0.2, 0.25) is 0 Å². The highest BCUT2D eigenvalue weighted by atomic mass is 35.5. The summed E-state index contributed by atoms with van der Waals surface area (Å²) in [5.74, 6) is 0.583. The second-order valence-electron chi connectivity index (χ2n) is 4.23. The van der Waals surface area contributed by atoms with Gasteiger partial charge in [0.25, 0.3) is 0 Å². The van der Waals surface area contributed by atoms with Crippen LogP contribution in [0.25, 0.3) is 5.65 Å². The average Bonchev–Trinajstić information content (AvgIpc) is 2.47. The molecular weight excluding hydrogens is 210 g/mol. The molecule has 0 aliphatic heterocycles. The van der Waals surface area contributed by atoms with Gasteiger partial charge in [-0.05, 0) is 25.3 Å². The second kappa shape index (κ2) is 3.81. The van der Waals surface area contributed by atoms with Crippen molar-refractivity contribution in [2.45, 2.75) is 27.2 Å². The highest BCUT2D eigenvalue weighted by molar-refractivity contribution is 6.29. The molecule has 0 radical (unpaired) electrons. The van der Waals surface area contributed by atoms with E-state index in [4.69, 9.17) is 11.6 Å². The van der Waals surface area contributed by atoms with Crippen LogP contribution in [0.3, 0.4) is 0 Å². The second-order valence-corrected chi connectivity index (χ2v) is 4.62. The van der Waals surface area contributed by atoms with Crippen LogP contribution >= 0.6 is 11.6 Å². The number of aromatic nitrogens is 3. The first-order valence-corrected chi connectivity index (χ1v) is 5.45. The fourth-order valence-corrected chi connectivity index (χ4v) is 1.86. The van der Waals surface area contributed by atoms with Crippen LogP contribution in [0.1, 0.15) is 25.1 Å². The van der Waals surface area contributed by atoms with Crippen LogP contribution in [0.4, 0.5) is 0 Å². The summed E-state index contributed by atoms with van der Waals surface area (Å²) in [6, 6.07) is 1.89. The maximum atomic E-state index is 6.12. The third-order valence-electron chi connectivity index (χ3n) is 2.28. The molecule has 0 fully saturated rings. The van der Waals surface area contributed by atoms with Gasteiger partial charge in [-0.2, -0.15) is 5.10 Å². The van der Waals surface area contributed by atoms with Crippen molar-refractivity contribution in [2.75, 3.05) is 0 Å². The lowest BCUT2D eigenvalue weighted by Crippen LogP contribution is -2.01. The Morgan fingerprint density at radius 3 is 2.87 bits per heavy atom. The molecule has 2 rings (SSSR count). The van der Waals surface area contributed by atoms with Gasteiger partial charge in [0.05, 0.1) is 6.20 Å². The number of nitrogens with zero attached hydrogens (tertiary/aromatic N) is 3. The lowest BCUT2D eigenvalue weighted by molar-refractivity contribution is 0.634. The molecule has 0 atom stereocenters. The molecule has 2 aromatic rings. The van der Waals surface area contributed by atoms with Crippen LogP contribution in [0.2, 0.25) is 5.15 Å². The third-order valence-corrected chi connectivity index (χ3v) is 2.54. The SMILES string of the molecule is Cc1cnn2c(Cl)cc(CC(C)C)nc12. The molecule has 2 heterocycles. The van der Waals surface area contributed by atoms with Crippen molar-refractivity contribution in [2.24, 2.45) is 5.92 Å². The Labute approximate surface area is 94.1 Å². The minimum absolute atomic E-state index is 0.583. The van der Waals surface area contributed by atoms with E-state index in [2.05, 4.69) is 23.9 Å². The van der Waals surface area contributed by atoms with Crippen LogP contribution in [-0.4, -0.2) is 14.6 Å². The molecule has 0 unspecified atom stereocenters. The number of fused-ring (bicyclic) bond motifs is 1. The van der Waals surface area contributed by atoms with E-state index < -0.39 is 0 Å². The fourth-order valence-electron chi connectivity index (χ4n) is 1.61. The Morgan fingerprint density at radius 1 is 1.47 bits per heavy atom. The van der Waals surface area contributed by atoms with Crippen molar-refractivity contribution in [3.05, 3.63) is 28.7 Å². The van der Waals surface area contributed by atoms with Gasteiger partial charge in [-0.15, -0.1) is 0 Å². The molecule has 80 valence electrons. The van der Waals surface area contributed by atoms with Crippen molar-refractivity contribution in [3.63, 3.8) is 0 Å². The summed E-state index contributed by atoms with van der Waals surface area (Å²) in [5.41, 5.74) is 2.95. The molecule has 0 saturated heterocycles. The third kappa shape index (κ3) is 1.97. The number of aryl methyl sites for hydroxylation is 1. The summed E-state index contributed by atoms with van der Waals surface area (Å²) < 4.78 is 1.67. The molecule has 0 spiro atoms. The van der Waals surface area contributed by atoms with E-state index in [9.17, 15) is 0 Å². The van der Waals surface area contributed by atoms with Crippen LogP contribution in [0.5, 0.6) is 0 Å². The molecule has 0 saturated carbocycles. The topological polar surface area (TPSA) is 30.2 Å². The average molecular weight is 224 g/mol. The van der Waals surface area contributed by atoms with Crippen molar-refractivity contribution in [1.82, 2.24) is 14.6 Å². The van der Waals surface area contributed by atoms with Crippen molar-refractivity contribution in [3.8, 4) is 0 Å². The van der Waals surface area contributed by atoms with Gasteiger partial charge in [-0.3, -0.25) is 0 Å². The van der Waals surface area contributed by atoms with Crippen LogP contribution in [-0.2, 0) is 6.42 Å². The molecule has 0 amide bonds. The monoisotopic (exact) mass is 223 g/mol. The molecule has 0 aliphatic carbocycles.